The van der Waals surface area contributed by atoms with E-state index in [1.165, 1.54) is 4.90 Å². The van der Waals surface area contributed by atoms with Crippen molar-refractivity contribution < 1.29 is 13.6 Å². The van der Waals surface area contributed by atoms with Crippen molar-refractivity contribution in [1.82, 2.24) is 10.2 Å². The number of rotatable bonds is 1. The number of alkyl halides is 2. The summed E-state index contributed by atoms with van der Waals surface area (Å²) in [6.07, 6.45) is 0.604. The molecule has 1 aliphatic carbocycles. The molecule has 22 heavy (non-hydrogen) atoms. The molecule has 2 aliphatic rings. The Morgan fingerprint density at radius 1 is 1.27 bits per heavy atom. The topological polar surface area (TPSA) is 58.4 Å². The van der Waals surface area contributed by atoms with E-state index < -0.39 is 5.92 Å². The van der Waals surface area contributed by atoms with Crippen LogP contribution in [-0.2, 0) is 6.42 Å². The number of carbonyl (C=O) groups excluding carboxylic acids is 1. The van der Waals surface area contributed by atoms with Crippen molar-refractivity contribution >= 4 is 6.03 Å². The van der Waals surface area contributed by atoms with E-state index in [2.05, 4.69) is 5.32 Å². The number of nitrogens with two attached hydrogens (primary N) is 1. The Balaban J connectivity index is 1.61. The van der Waals surface area contributed by atoms with Crippen LogP contribution in [0.5, 0.6) is 0 Å². The zero-order valence-corrected chi connectivity index (χ0v) is 12.4. The van der Waals surface area contributed by atoms with Gasteiger partial charge in [0.1, 0.15) is 0 Å². The number of nitrogens with zero attached hydrogens (tertiary/aromatic N) is 1. The van der Waals surface area contributed by atoms with E-state index >= 15 is 0 Å². The molecule has 0 unspecified atom stereocenters. The Morgan fingerprint density at radius 3 is 2.82 bits per heavy atom. The standard InChI is InChI=1S/C16H21F2N3O/c17-16(18)6-3-8-21(9-7-16)15(22)20-13-10-11-4-1-2-5-12(11)14(13)19/h1-2,4-5,13-14H,3,6-10,19H2,(H,20,22)/t13-,14-/m1/s1. The molecule has 3 rings (SSSR count). The van der Waals surface area contributed by atoms with Crippen molar-refractivity contribution in [2.45, 2.75) is 43.7 Å². The Kier molecular flexibility index (Phi) is 4.04. The van der Waals surface area contributed by atoms with Gasteiger partial charge >= 0.3 is 6.03 Å². The number of amides is 2. The highest BCUT2D eigenvalue weighted by atomic mass is 19.3. The minimum atomic E-state index is -2.66. The molecule has 1 saturated heterocycles. The largest absolute Gasteiger partial charge is 0.333 e. The molecule has 2 amide bonds. The molecule has 6 heteroatoms. The molecule has 0 aromatic heterocycles. The second-order valence-electron chi connectivity index (χ2n) is 6.18. The molecule has 1 aliphatic heterocycles. The van der Waals surface area contributed by atoms with Crippen LogP contribution < -0.4 is 11.1 Å². The van der Waals surface area contributed by atoms with Crippen molar-refractivity contribution in [1.29, 1.82) is 0 Å². The van der Waals surface area contributed by atoms with Gasteiger partial charge in [0.05, 0.1) is 12.1 Å². The third kappa shape index (κ3) is 3.06. The van der Waals surface area contributed by atoms with Crippen LogP contribution >= 0.6 is 0 Å². The average Bonchev–Trinajstić information content (AvgIpc) is 2.66. The molecular formula is C16H21F2N3O. The van der Waals surface area contributed by atoms with Gasteiger partial charge < -0.3 is 16.0 Å². The molecule has 0 saturated carbocycles. The third-order valence-electron chi connectivity index (χ3n) is 4.60. The van der Waals surface area contributed by atoms with Gasteiger partial charge in [-0.2, -0.15) is 0 Å². The lowest BCUT2D eigenvalue weighted by Gasteiger charge is -2.25. The zero-order valence-electron chi connectivity index (χ0n) is 12.4. The first-order valence-electron chi connectivity index (χ1n) is 7.73. The van der Waals surface area contributed by atoms with Crippen molar-refractivity contribution in [3.8, 4) is 0 Å². The first-order chi connectivity index (χ1) is 10.5. The van der Waals surface area contributed by atoms with Crippen LogP contribution in [0.15, 0.2) is 24.3 Å². The van der Waals surface area contributed by atoms with Crippen molar-refractivity contribution in [3.05, 3.63) is 35.4 Å². The monoisotopic (exact) mass is 309 g/mol. The quantitative estimate of drug-likeness (QED) is 0.837. The summed E-state index contributed by atoms with van der Waals surface area (Å²) < 4.78 is 26.7. The number of urea groups is 1. The van der Waals surface area contributed by atoms with E-state index in [-0.39, 0.29) is 37.5 Å². The fourth-order valence-corrected chi connectivity index (χ4v) is 3.28. The van der Waals surface area contributed by atoms with E-state index in [9.17, 15) is 13.6 Å². The maximum absolute atomic E-state index is 13.4. The van der Waals surface area contributed by atoms with Crippen LogP contribution in [0.25, 0.3) is 0 Å². The summed E-state index contributed by atoms with van der Waals surface area (Å²) in [6, 6.07) is 7.16. The van der Waals surface area contributed by atoms with Crippen LogP contribution in [-0.4, -0.2) is 36.0 Å². The van der Waals surface area contributed by atoms with Crippen LogP contribution in [0.2, 0.25) is 0 Å². The molecule has 0 bridgehead atoms. The normalized spacial score (nSPS) is 27.1. The molecule has 3 N–H and O–H groups in total. The average molecular weight is 309 g/mol. The van der Waals surface area contributed by atoms with Gasteiger partial charge in [-0.15, -0.1) is 0 Å². The van der Waals surface area contributed by atoms with E-state index in [1.807, 2.05) is 24.3 Å². The summed E-state index contributed by atoms with van der Waals surface area (Å²) >= 11 is 0. The Bertz CT molecular complexity index is 564. The van der Waals surface area contributed by atoms with E-state index in [4.69, 9.17) is 5.73 Å². The summed E-state index contributed by atoms with van der Waals surface area (Å²) in [7, 11) is 0. The van der Waals surface area contributed by atoms with Crippen molar-refractivity contribution in [3.63, 3.8) is 0 Å². The first-order valence-corrected chi connectivity index (χ1v) is 7.73. The van der Waals surface area contributed by atoms with Crippen molar-refractivity contribution in [2.24, 2.45) is 5.73 Å². The summed E-state index contributed by atoms with van der Waals surface area (Å²) in [4.78, 5) is 13.8. The van der Waals surface area contributed by atoms with Gasteiger partial charge in [0.15, 0.2) is 0 Å². The van der Waals surface area contributed by atoms with Gasteiger partial charge in [0, 0.05) is 25.9 Å². The van der Waals surface area contributed by atoms with Gasteiger partial charge in [-0.1, -0.05) is 24.3 Å². The maximum Gasteiger partial charge on any atom is 0.317 e. The highest BCUT2D eigenvalue weighted by Crippen LogP contribution is 2.30. The number of hydrogen-bond acceptors (Lipinski definition) is 2. The number of benzene rings is 1. The fourth-order valence-electron chi connectivity index (χ4n) is 3.28. The van der Waals surface area contributed by atoms with Gasteiger partial charge in [-0.05, 0) is 24.0 Å². The number of nitrogens with one attached hydrogen (secondary N) is 1. The molecular weight excluding hydrogens is 288 g/mol. The van der Waals surface area contributed by atoms with Gasteiger partial charge in [-0.3, -0.25) is 0 Å². The van der Waals surface area contributed by atoms with Gasteiger partial charge in [-0.25, -0.2) is 13.6 Å². The Labute approximate surface area is 128 Å². The lowest BCUT2D eigenvalue weighted by Crippen LogP contribution is -2.48. The van der Waals surface area contributed by atoms with E-state index in [0.717, 1.165) is 11.1 Å². The molecule has 0 radical (unpaired) electrons. The van der Waals surface area contributed by atoms with Crippen LogP contribution in [0.3, 0.4) is 0 Å². The number of fused-ring (bicyclic) bond motifs is 1. The van der Waals surface area contributed by atoms with E-state index in [1.54, 1.807) is 0 Å². The zero-order chi connectivity index (χ0) is 15.7. The van der Waals surface area contributed by atoms with Crippen LogP contribution in [0, 0.1) is 0 Å². The molecule has 1 aromatic rings. The van der Waals surface area contributed by atoms with E-state index in [0.29, 0.717) is 19.4 Å². The second-order valence-corrected chi connectivity index (χ2v) is 6.18. The summed E-state index contributed by atoms with van der Waals surface area (Å²) in [5, 5.41) is 2.92. The predicted molar refractivity (Wildman–Crippen MR) is 79.8 cm³/mol. The Morgan fingerprint density at radius 2 is 2.05 bits per heavy atom. The maximum atomic E-state index is 13.4. The van der Waals surface area contributed by atoms with Crippen LogP contribution in [0.4, 0.5) is 13.6 Å². The number of carbonyl (C=O) groups is 1. The highest BCUT2D eigenvalue weighted by Gasteiger charge is 2.35. The highest BCUT2D eigenvalue weighted by molar-refractivity contribution is 5.75. The molecule has 4 nitrogen and oxygen atoms in total. The molecule has 0 spiro atoms. The SMILES string of the molecule is N[C@@H]1c2ccccc2C[C@H]1NC(=O)N1CCCC(F)(F)CC1. The molecule has 1 heterocycles. The Hall–Kier alpha value is -1.69. The fraction of sp³-hybridized carbons (Fsp3) is 0.562. The second kappa shape index (κ2) is 5.83. The lowest BCUT2D eigenvalue weighted by atomic mass is 10.1. The summed E-state index contributed by atoms with van der Waals surface area (Å²) in [5.74, 6) is -2.66. The molecule has 120 valence electrons. The number of likely N-dealkylation sites (tertiary alicyclic amines) is 1. The smallest absolute Gasteiger partial charge is 0.317 e. The molecule has 1 aromatic carbocycles. The van der Waals surface area contributed by atoms with Crippen LogP contribution in [0.1, 0.15) is 36.4 Å². The molecule has 2 atom stereocenters. The van der Waals surface area contributed by atoms with Crippen molar-refractivity contribution in [2.75, 3.05) is 13.1 Å². The summed E-state index contributed by atoms with van der Waals surface area (Å²) in [5.41, 5.74) is 8.38. The number of halogens is 2. The number of hydrogen-bond donors (Lipinski definition) is 2. The summed E-state index contributed by atoms with van der Waals surface area (Å²) in [6.45, 7) is 0.462. The van der Waals surface area contributed by atoms with Gasteiger partial charge in [0.2, 0.25) is 5.92 Å². The third-order valence-corrected chi connectivity index (χ3v) is 4.60. The first kappa shape index (κ1) is 15.2. The molecule has 1 fully saturated rings. The minimum absolute atomic E-state index is 0.0910. The lowest BCUT2D eigenvalue weighted by molar-refractivity contribution is -0.0122. The predicted octanol–water partition coefficient (Wildman–Crippen LogP) is 2.44. The van der Waals surface area contributed by atoms with Gasteiger partial charge in [0.25, 0.3) is 0 Å². The minimum Gasteiger partial charge on any atom is -0.333 e.